The van der Waals surface area contributed by atoms with E-state index in [1.54, 1.807) is 7.11 Å². The van der Waals surface area contributed by atoms with E-state index in [0.29, 0.717) is 17.9 Å². The molecule has 1 atom stereocenters. The summed E-state index contributed by atoms with van der Waals surface area (Å²) < 4.78 is 5.26. The molecular weight excluding hydrogens is 362 g/mol. The predicted octanol–water partition coefficient (Wildman–Crippen LogP) is 4.40. The number of aryl methyl sites for hydroxylation is 1. The fraction of sp³-hybridized carbons (Fsp3) is 0.292. The first-order valence-electron chi connectivity index (χ1n) is 10.0. The predicted molar refractivity (Wildman–Crippen MR) is 112 cm³/mol. The Morgan fingerprint density at radius 3 is 2.62 bits per heavy atom. The Balaban J connectivity index is 1.51. The lowest BCUT2D eigenvalue weighted by molar-refractivity contribution is 0.0962. The SMILES string of the molecule is COc1ccc([C@@H]2CC(=O)c3c(C)nc(N4CCc5ccccc54)nc3C2)cc1. The van der Waals surface area contributed by atoms with E-state index in [2.05, 4.69) is 23.1 Å². The number of ether oxygens (including phenoxy) is 1. The van der Waals surface area contributed by atoms with Gasteiger partial charge in [0.25, 0.3) is 0 Å². The van der Waals surface area contributed by atoms with Crippen LogP contribution in [0.5, 0.6) is 5.75 Å². The molecule has 3 aromatic rings. The highest BCUT2D eigenvalue weighted by Gasteiger charge is 2.31. The molecule has 1 aromatic heterocycles. The van der Waals surface area contributed by atoms with E-state index in [4.69, 9.17) is 14.7 Å². The Labute approximate surface area is 170 Å². The van der Waals surface area contributed by atoms with Gasteiger partial charge in [0.2, 0.25) is 5.95 Å². The number of rotatable bonds is 3. The van der Waals surface area contributed by atoms with Gasteiger partial charge in [0, 0.05) is 18.7 Å². The molecule has 2 heterocycles. The minimum absolute atomic E-state index is 0.133. The third-order valence-corrected chi connectivity index (χ3v) is 6.02. The third-order valence-electron chi connectivity index (χ3n) is 6.02. The Hall–Kier alpha value is -3.21. The Kier molecular flexibility index (Phi) is 4.31. The number of aromatic nitrogens is 2. The highest BCUT2D eigenvalue weighted by molar-refractivity contribution is 5.99. The van der Waals surface area contributed by atoms with Crippen LogP contribution >= 0.6 is 0 Å². The summed E-state index contributed by atoms with van der Waals surface area (Å²) in [6.45, 7) is 2.80. The molecule has 2 aliphatic rings. The second-order valence-corrected chi connectivity index (χ2v) is 7.76. The van der Waals surface area contributed by atoms with Crippen LogP contribution < -0.4 is 9.64 Å². The van der Waals surface area contributed by atoms with Crippen LogP contribution in [-0.4, -0.2) is 29.4 Å². The molecule has 5 nitrogen and oxygen atoms in total. The van der Waals surface area contributed by atoms with Crippen LogP contribution in [0.25, 0.3) is 0 Å². The van der Waals surface area contributed by atoms with E-state index >= 15 is 0 Å². The van der Waals surface area contributed by atoms with Crippen molar-refractivity contribution in [1.82, 2.24) is 9.97 Å². The molecule has 2 aromatic carbocycles. The number of para-hydroxylation sites is 1. The van der Waals surface area contributed by atoms with Crippen LogP contribution in [0.15, 0.2) is 48.5 Å². The van der Waals surface area contributed by atoms with Crippen molar-refractivity contribution in [3.8, 4) is 5.75 Å². The van der Waals surface area contributed by atoms with Gasteiger partial charge >= 0.3 is 0 Å². The van der Waals surface area contributed by atoms with Crippen LogP contribution in [0, 0.1) is 6.92 Å². The largest absolute Gasteiger partial charge is 0.497 e. The molecule has 0 saturated heterocycles. The average Bonchev–Trinajstić information content (AvgIpc) is 3.17. The Morgan fingerprint density at radius 1 is 1.03 bits per heavy atom. The van der Waals surface area contributed by atoms with Gasteiger partial charge in [-0.05, 0) is 55.0 Å². The zero-order valence-corrected chi connectivity index (χ0v) is 16.7. The van der Waals surface area contributed by atoms with Crippen molar-refractivity contribution in [2.75, 3.05) is 18.6 Å². The van der Waals surface area contributed by atoms with Gasteiger partial charge in [0.05, 0.1) is 24.1 Å². The highest BCUT2D eigenvalue weighted by atomic mass is 16.5. The first kappa shape index (κ1) is 17.9. The first-order chi connectivity index (χ1) is 14.1. The van der Waals surface area contributed by atoms with E-state index in [9.17, 15) is 4.79 Å². The lowest BCUT2D eigenvalue weighted by Crippen LogP contribution is -2.25. The number of Topliss-reactive ketones (excluding diaryl/α,β-unsaturated/α-hetero) is 1. The second kappa shape index (κ2) is 6.99. The number of anilines is 2. The summed E-state index contributed by atoms with van der Waals surface area (Å²) in [6, 6.07) is 16.4. The fourth-order valence-electron chi connectivity index (χ4n) is 4.54. The van der Waals surface area contributed by atoms with E-state index in [0.717, 1.165) is 42.1 Å². The van der Waals surface area contributed by atoms with Crippen LogP contribution in [-0.2, 0) is 12.8 Å². The number of hydrogen-bond donors (Lipinski definition) is 0. The molecule has 5 rings (SSSR count). The van der Waals surface area contributed by atoms with Crippen molar-refractivity contribution in [2.45, 2.75) is 32.1 Å². The lowest BCUT2D eigenvalue weighted by Gasteiger charge is -2.26. The molecule has 0 unspecified atom stereocenters. The number of carbonyl (C=O) groups is 1. The van der Waals surface area contributed by atoms with Crippen molar-refractivity contribution < 1.29 is 9.53 Å². The number of ketones is 1. The van der Waals surface area contributed by atoms with Crippen LogP contribution in [0.2, 0.25) is 0 Å². The molecule has 0 spiro atoms. The van der Waals surface area contributed by atoms with Gasteiger partial charge in [-0.25, -0.2) is 9.97 Å². The normalized spacial score (nSPS) is 17.8. The number of carbonyl (C=O) groups excluding carboxylic acids is 1. The standard InChI is InChI=1S/C24H23N3O2/c1-15-23-20(13-18(14-22(23)28)16-7-9-19(29-2)10-8-16)26-24(25-15)27-12-11-17-5-3-4-6-21(17)27/h3-10,18H,11-14H2,1-2H3/t18-/m0/s1. The number of methoxy groups -OCH3 is 1. The van der Waals surface area contributed by atoms with Crippen LogP contribution in [0.1, 0.15) is 45.2 Å². The summed E-state index contributed by atoms with van der Waals surface area (Å²) in [6.07, 6.45) is 2.23. The van der Waals surface area contributed by atoms with Crippen molar-refractivity contribution in [3.63, 3.8) is 0 Å². The maximum atomic E-state index is 12.9. The van der Waals surface area contributed by atoms with Gasteiger partial charge in [-0.2, -0.15) is 0 Å². The molecule has 1 aliphatic heterocycles. The topological polar surface area (TPSA) is 55.3 Å². The maximum absolute atomic E-state index is 12.9. The maximum Gasteiger partial charge on any atom is 0.230 e. The summed E-state index contributed by atoms with van der Waals surface area (Å²) in [4.78, 5) is 24.7. The van der Waals surface area contributed by atoms with E-state index in [1.165, 1.54) is 11.3 Å². The summed E-state index contributed by atoms with van der Waals surface area (Å²) in [5.74, 6) is 1.80. The highest BCUT2D eigenvalue weighted by Crippen LogP contribution is 2.37. The van der Waals surface area contributed by atoms with Gasteiger partial charge in [-0.1, -0.05) is 30.3 Å². The van der Waals surface area contributed by atoms with Crippen LogP contribution in [0.3, 0.4) is 0 Å². The van der Waals surface area contributed by atoms with Gasteiger partial charge in [-0.15, -0.1) is 0 Å². The molecule has 5 heteroatoms. The summed E-state index contributed by atoms with van der Waals surface area (Å²) in [7, 11) is 1.66. The van der Waals surface area contributed by atoms with Crippen molar-refractivity contribution in [3.05, 3.63) is 76.6 Å². The fourth-order valence-corrected chi connectivity index (χ4v) is 4.54. The van der Waals surface area contributed by atoms with Gasteiger partial charge in [-0.3, -0.25) is 4.79 Å². The molecule has 0 radical (unpaired) electrons. The van der Waals surface area contributed by atoms with Crippen molar-refractivity contribution in [1.29, 1.82) is 0 Å². The molecule has 146 valence electrons. The number of fused-ring (bicyclic) bond motifs is 2. The zero-order valence-electron chi connectivity index (χ0n) is 16.7. The molecule has 0 saturated carbocycles. The number of hydrogen-bond acceptors (Lipinski definition) is 5. The zero-order chi connectivity index (χ0) is 20.0. The monoisotopic (exact) mass is 385 g/mol. The van der Waals surface area contributed by atoms with E-state index < -0.39 is 0 Å². The quantitative estimate of drug-likeness (QED) is 0.669. The summed E-state index contributed by atoms with van der Waals surface area (Å²) in [5, 5.41) is 0. The van der Waals surface area contributed by atoms with Gasteiger partial charge < -0.3 is 9.64 Å². The molecule has 0 amide bonds. The Bertz CT molecular complexity index is 1090. The second-order valence-electron chi connectivity index (χ2n) is 7.76. The van der Waals surface area contributed by atoms with Gasteiger partial charge in [0.1, 0.15) is 5.75 Å². The molecule has 0 N–H and O–H groups in total. The van der Waals surface area contributed by atoms with Gasteiger partial charge in [0.15, 0.2) is 5.78 Å². The molecule has 1 aliphatic carbocycles. The smallest absolute Gasteiger partial charge is 0.230 e. The minimum atomic E-state index is 0.133. The van der Waals surface area contributed by atoms with Crippen molar-refractivity contribution in [2.24, 2.45) is 0 Å². The van der Waals surface area contributed by atoms with Crippen LogP contribution in [0.4, 0.5) is 11.6 Å². The molecule has 0 bridgehead atoms. The molecule has 29 heavy (non-hydrogen) atoms. The lowest BCUT2D eigenvalue weighted by atomic mass is 9.81. The number of benzene rings is 2. The molecule has 0 fully saturated rings. The average molecular weight is 385 g/mol. The Morgan fingerprint density at radius 2 is 1.83 bits per heavy atom. The van der Waals surface area contributed by atoms with Crippen molar-refractivity contribution >= 4 is 17.4 Å². The number of nitrogens with zero attached hydrogens (tertiary/aromatic N) is 3. The molecular formula is C24H23N3O2. The third kappa shape index (κ3) is 3.07. The summed E-state index contributed by atoms with van der Waals surface area (Å²) in [5.41, 5.74) is 6.00. The first-order valence-corrected chi connectivity index (χ1v) is 10.0. The minimum Gasteiger partial charge on any atom is -0.497 e. The summed E-state index contributed by atoms with van der Waals surface area (Å²) >= 11 is 0. The van der Waals surface area contributed by atoms with E-state index in [-0.39, 0.29) is 11.7 Å². The van der Waals surface area contributed by atoms with E-state index in [1.807, 2.05) is 37.3 Å².